The van der Waals surface area contributed by atoms with E-state index in [2.05, 4.69) is 18.7 Å². The first-order valence-electron chi connectivity index (χ1n) is 4.71. The predicted molar refractivity (Wildman–Crippen MR) is 49.7 cm³/mol. The van der Waals surface area contributed by atoms with Crippen molar-refractivity contribution >= 4 is 0 Å². The van der Waals surface area contributed by atoms with Crippen molar-refractivity contribution in [1.29, 1.82) is 0 Å². The Morgan fingerprint density at radius 1 is 1.58 bits per heavy atom. The van der Waals surface area contributed by atoms with Crippen LogP contribution in [0.4, 0.5) is 0 Å². The fraction of sp³-hybridized carbons (Fsp3) is 0.636. The highest BCUT2D eigenvalue weighted by atomic mass is 16.3. The standard InChI is InChI=1S/C11H16O/c1-2-5-11(8-12)7-9-3-4-10(11)6-9/h2-4,9-10,12H,1,5-8H2/t9-,10+,11+/m0/s1. The summed E-state index contributed by atoms with van der Waals surface area (Å²) in [4.78, 5) is 0. The van der Waals surface area contributed by atoms with Gasteiger partial charge in [-0.15, -0.1) is 6.58 Å². The molecule has 0 heterocycles. The lowest BCUT2D eigenvalue weighted by Gasteiger charge is -2.32. The van der Waals surface area contributed by atoms with Crippen molar-refractivity contribution in [3.8, 4) is 0 Å². The first-order valence-corrected chi connectivity index (χ1v) is 4.71. The van der Waals surface area contributed by atoms with Crippen molar-refractivity contribution in [1.82, 2.24) is 0 Å². The SMILES string of the molecule is C=CC[C@]1(CO)C[C@H]2C=C[C@@H]1C2. The molecule has 3 atom stereocenters. The summed E-state index contributed by atoms with van der Waals surface area (Å²) in [6.07, 6.45) is 9.93. The van der Waals surface area contributed by atoms with E-state index in [1.165, 1.54) is 6.42 Å². The van der Waals surface area contributed by atoms with Gasteiger partial charge in [-0.05, 0) is 31.1 Å². The molecule has 0 aliphatic heterocycles. The minimum Gasteiger partial charge on any atom is -0.396 e. The van der Waals surface area contributed by atoms with E-state index in [9.17, 15) is 5.11 Å². The molecule has 1 fully saturated rings. The Bertz CT molecular complexity index is 219. The van der Waals surface area contributed by atoms with Gasteiger partial charge in [-0.2, -0.15) is 0 Å². The van der Waals surface area contributed by atoms with Gasteiger partial charge in [0.05, 0.1) is 0 Å². The molecule has 0 radical (unpaired) electrons. The summed E-state index contributed by atoms with van der Waals surface area (Å²) in [7, 11) is 0. The van der Waals surface area contributed by atoms with E-state index >= 15 is 0 Å². The molecule has 2 rings (SSSR count). The number of aliphatic hydroxyl groups excluding tert-OH is 1. The zero-order valence-electron chi connectivity index (χ0n) is 7.37. The van der Waals surface area contributed by atoms with Crippen molar-refractivity contribution in [3.63, 3.8) is 0 Å². The molecular weight excluding hydrogens is 148 g/mol. The molecule has 2 aliphatic rings. The molecule has 2 aliphatic carbocycles. The topological polar surface area (TPSA) is 20.2 Å². The van der Waals surface area contributed by atoms with E-state index in [1.54, 1.807) is 0 Å². The first kappa shape index (κ1) is 8.06. The van der Waals surface area contributed by atoms with Crippen LogP contribution in [0.25, 0.3) is 0 Å². The molecular formula is C11H16O. The zero-order chi connectivity index (χ0) is 8.60. The van der Waals surface area contributed by atoms with Crippen LogP contribution in [0.1, 0.15) is 19.3 Å². The molecule has 0 amide bonds. The fourth-order valence-electron chi connectivity index (χ4n) is 2.82. The van der Waals surface area contributed by atoms with Crippen LogP contribution in [-0.2, 0) is 0 Å². The third kappa shape index (κ3) is 0.962. The maximum absolute atomic E-state index is 9.39. The predicted octanol–water partition coefficient (Wildman–Crippen LogP) is 2.14. The second-order valence-electron chi connectivity index (χ2n) is 4.20. The number of aliphatic hydroxyl groups is 1. The molecule has 2 bridgehead atoms. The Morgan fingerprint density at radius 2 is 2.42 bits per heavy atom. The maximum atomic E-state index is 9.39. The fourth-order valence-corrected chi connectivity index (χ4v) is 2.82. The Labute approximate surface area is 73.8 Å². The molecule has 1 saturated carbocycles. The number of rotatable bonds is 3. The summed E-state index contributed by atoms with van der Waals surface area (Å²) in [6, 6.07) is 0. The van der Waals surface area contributed by atoms with Crippen LogP contribution in [0.5, 0.6) is 0 Å². The molecule has 0 aromatic heterocycles. The van der Waals surface area contributed by atoms with Crippen molar-refractivity contribution in [3.05, 3.63) is 24.8 Å². The molecule has 66 valence electrons. The normalized spacial score (nSPS) is 43.8. The minimum absolute atomic E-state index is 0.154. The highest BCUT2D eigenvalue weighted by molar-refractivity contribution is 5.16. The Kier molecular flexibility index (Phi) is 1.84. The van der Waals surface area contributed by atoms with Gasteiger partial charge in [-0.3, -0.25) is 0 Å². The number of hydrogen-bond donors (Lipinski definition) is 1. The van der Waals surface area contributed by atoms with E-state index in [4.69, 9.17) is 0 Å². The van der Waals surface area contributed by atoms with Crippen LogP contribution in [0.15, 0.2) is 24.8 Å². The highest BCUT2D eigenvalue weighted by Gasteiger charge is 2.46. The Hall–Kier alpha value is -0.560. The molecule has 0 unspecified atom stereocenters. The second kappa shape index (κ2) is 2.74. The maximum Gasteiger partial charge on any atom is 0.0496 e. The Morgan fingerprint density at radius 3 is 2.83 bits per heavy atom. The summed E-state index contributed by atoms with van der Waals surface area (Å²) in [5.41, 5.74) is 0.154. The smallest absolute Gasteiger partial charge is 0.0496 e. The number of hydrogen-bond acceptors (Lipinski definition) is 1. The van der Waals surface area contributed by atoms with E-state index in [1.807, 2.05) is 6.08 Å². The van der Waals surface area contributed by atoms with Gasteiger partial charge < -0.3 is 5.11 Å². The van der Waals surface area contributed by atoms with E-state index in [-0.39, 0.29) is 5.41 Å². The molecule has 1 N–H and O–H groups in total. The number of fused-ring (bicyclic) bond motifs is 2. The quantitative estimate of drug-likeness (QED) is 0.634. The molecule has 0 saturated heterocycles. The molecule has 0 aromatic rings. The van der Waals surface area contributed by atoms with E-state index in [0.29, 0.717) is 12.5 Å². The lowest BCUT2D eigenvalue weighted by Crippen LogP contribution is -2.29. The lowest BCUT2D eigenvalue weighted by atomic mass is 9.74. The van der Waals surface area contributed by atoms with Crippen molar-refractivity contribution < 1.29 is 5.11 Å². The third-order valence-electron chi connectivity index (χ3n) is 3.49. The van der Waals surface area contributed by atoms with Gasteiger partial charge in [0.2, 0.25) is 0 Å². The van der Waals surface area contributed by atoms with Crippen molar-refractivity contribution in [2.75, 3.05) is 6.61 Å². The summed E-state index contributed by atoms with van der Waals surface area (Å²) >= 11 is 0. The molecule has 0 spiro atoms. The third-order valence-corrected chi connectivity index (χ3v) is 3.49. The van der Waals surface area contributed by atoms with E-state index < -0.39 is 0 Å². The lowest BCUT2D eigenvalue weighted by molar-refractivity contribution is 0.100. The molecule has 12 heavy (non-hydrogen) atoms. The van der Waals surface area contributed by atoms with Gasteiger partial charge in [0.15, 0.2) is 0 Å². The monoisotopic (exact) mass is 164 g/mol. The summed E-state index contributed by atoms with van der Waals surface area (Å²) in [5, 5.41) is 9.39. The average molecular weight is 164 g/mol. The molecule has 1 heteroatoms. The van der Waals surface area contributed by atoms with Gasteiger partial charge in [0.25, 0.3) is 0 Å². The largest absolute Gasteiger partial charge is 0.396 e. The van der Waals surface area contributed by atoms with Gasteiger partial charge in [-0.1, -0.05) is 18.2 Å². The summed E-state index contributed by atoms with van der Waals surface area (Å²) < 4.78 is 0. The zero-order valence-corrected chi connectivity index (χ0v) is 7.37. The van der Waals surface area contributed by atoms with Crippen LogP contribution in [-0.4, -0.2) is 11.7 Å². The first-order chi connectivity index (χ1) is 5.80. The van der Waals surface area contributed by atoms with Gasteiger partial charge >= 0.3 is 0 Å². The molecule has 0 aromatic carbocycles. The average Bonchev–Trinajstić information content (AvgIpc) is 2.64. The van der Waals surface area contributed by atoms with Crippen LogP contribution in [0.2, 0.25) is 0 Å². The van der Waals surface area contributed by atoms with Crippen LogP contribution >= 0.6 is 0 Å². The van der Waals surface area contributed by atoms with Crippen LogP contribution < -0.4 is 0 Å². The number of allylic oxidation sites excluding steroid dienone is 3. The minimum atomic E-state index is 0.154. The van der Waals surface area contributed by atoms with Crippen LogP contribution in [0.3, 0.4) is 0 Å². The Balaban J connectivity index is 2.19. The van der Waals surface area contributed by atoms with Gasteiger partial charge in [-0.25, -0.2) is 0 Å². The summed E-state index contributed by atoms with van der Waals surface area (Å²) in [6.45, 7) is 4.09. The van der Waals surface area contributed by atoms with Crippen LogP contribution in [0, 0.1) is 17.3 Å². The van der Waals surface area contributed by atoms with Gasteiger partial charge in [0, 0.05) is 12.0 Å². The van der Waals surface area contributed by atoms with E-state index in [0.717, 1.165) is 18.8 Å². The molecule has 1 nitrogen and oxygen atoms in total. The summed E-state index contributed by atoms with van der Waals surface area (Å²) in [5.74, 6) is 1.35. The highest BCUT2D eigenvalue weighted by Crippen LogP contribution is 2.53. The van der Waals surface area contributed by atoms with Crippen molar-refractivity contribution in [2.24, 2.45) is 17.3 Å². The van der Waals surface area contributed by atoms with Crippen molar-refractivity contribution in [2.45, 2.75) is 19.3 Å². The second-order valence-corrected chi connectivity index (χ2v) is 4.20. The van der Waals surface area contributed by atoms with Gasteiger partial charge in [0.1, 0.15) is 0 Å².